The molecule has 7 heteroatoms. The smallest absolute Gasteiger partial charge is 0.420 e. The first-order valence-corrected chi connectivity index (χ1v) is 7.67. The van der Waals surface area contributed by atoms with Gasteiger partial charge in [-0.3, -0.25) is 0 Å². The van der Waals surface area contributed by atoms with Gasteiger partial charge >= 0.3 is 6.18 Å². The van der Waals surface area contributed by atoms with Gasteiger partial charge in [0.1, 0.15) is 16.7 Å². The van der Waals surface area contributed by atoms with Crippen LogP contribution < -0.4 is 4.74 Å². The van der Waals surface area contributed by atoms with Crippen molar-refractivity contribution in [3.8, 4) is 5.75 Å². The zero-order valence-electron chi connectivity index (χ0n) is 12.4. The van der Waals surface area contributed by atoms with E-state index in [1.807, 2.05) is 0 Å². The highest BCUT2D eigenvalue weighted by molar-refractivity contribution is 8.03. The van der Waals surface area contributed by atoms with E-state index in [0.717, 1.165) is 0 Å². The van der Waals surface area contributed by atoms with E-state index in [2.05, 4.69) is 0 Å². The molecule has 1 N–H and O–H groups in total. The van der Waals surface area contributed by atoms with E-state index in [1.54, 1.807) is 36.3 Å². The predicted octanol–water partition coefficient (Wildman–Crippen LogP) is 4.90. The van der Waals surface area contributed by atoms with Crippen LogP contribution in [0.5, 0.6) is 5.75 Å². The first-order chi connectivity index (χ1) is 10.8. The number of benzene rings is 2. The largest absolute Gasteiger partial charge is 0.501 e. The molecular weight excluding hydrogens is 327 g/mol. The minimum Gasteiger partial charge on any atom is -0.501 e. The number of hydrogen-bond donors (Lipinski definition) is 1. The van der Waals surface area contributed by atoms with Crippen LogP contribution in [0.25, 0.3) is 10.8 Å². The number of fused-ring (bicyclic) bond motifs is 1. The summed E-state index contributed by atoms with van der Waals surface area (Å²) < 4.78 is 45.3. The third-order valence-corrected chi connectivity index (χ3v) is 4.90. The number of thioether (sulfide) groups is 1. The van der Waals surface area contributed by atoms with E-state index >= 15 is 0 Å². The van der Waals surface area contributed by atoms with Crippen LogP contribution in [0.15, 0.2) is 41.6 Å². The number of aliphatic hydroxyl groups is 1. The molecule has 1 aliphatic rings. The van der Waals surface area contributed by atoms with Gasteiger partial charge in [-0.05, 0) is 22.4 Å². The highest BCUT2D eigenvalue weighted by Crippen LogP contribution is 2.47. The minimum atomic E-state index is -4.52. The maximum atomic E-state index is 13.5. The van der Waals surface area contributed by atoms with Gasteiger partial charge in [-0.1, -0.05) is 36.0 Å². The molecule has 0 radical (unpaired) electrons. The van der Waals surface area contributed by atoms with Crippen molar-refractivity contribution in [3.63, 3.8) is 0 Å². The second-order valence-corrected chi connectivity index (χ2v) is 6.29. The number of hydrogen-bond acceptors (Lipinski definition) is 4. The Morgan fingerprint density at radius 2 is 1.91 bits per heavy atom. The molecule has 3 rings (SSSR count). The van der Waals surface area contributed by atoms with E-state index in [1.165, 1.54) is 31.0 Å². The molecule has 1 atom stereocenters. The maximum Gasteiger partial charge on any atom is 0.420 e. The topological polar surface area (TPSA) is 32.7 Å². The highest BCUT2D eigenvalue weighted by Gasteiger charge is 2.37. The van der Waals surface area contributed by atoms with Crippen LogP contribution in [0, 0.1) is 0 Å². The van der Waals surface area contributed by atoms with Crippen LogP contribution in [0.3, 0.4) is 0 Å². The Bertz CT molecular complexity index is 789. The Morgan fingerprint density at radius 1 is 1.17 bits per heavy atom. The summed E-state index contributed by atoms with van der Waals surface area (Å²) in [6.45, 7) is 0. The fourth-order valence-electron chi connectivity index (χ4n) is 2.79. The fraction of sp³-hybridized carbons (Fsp3) is 0.250. The van der Waals surface area contributed by atoms with Crippen LogP contribution in [0.4, 0.5) is 13.2 Å². The van der Waals surface area contributed by atoms with Crippen molar-refractivity contribution in [2.75, 3.05) is 14.2 Å². The van der Waals surface area contributed by atoms with Gasteiger partial charge in [0.2, 0.25) is 0 Å². The number of alkyl halides is 3. The number of rotatable bonds is 2. The van der Waals surface area contributed by atoms with Crippen molar-refractivity contribution >= 4 is 22.5 Å². The number of methoxy groups -OCH3 is 1. The van der Waals surface area contributed by atoms with Crippen LogP contribution >= 0.6 is 11.8 Å². The maximum absolute atomic E-state index is 13.5. The second-order valence-electron chi connectivity index (χ2n) is 5.19. The highest BCUT2D eigenvalue weighted by atomic mass is 32.2. The van der Waals surface area contributed by atoms with Crippen LogP contribution in [-0.4, -0.2) is 24.2 Å². The molecule has 0 bridgehead atoms. The summed E-state index contributed by atoms with van der Waals surface area (Å²) in [6.07, 6.45) is -2.96. The lowest BCUT2D eigenvalue weighted by atomic mass is 9.98. The van der Waals surface area contributed by atoms with Crippen molar-refractivity contribution in [3.05, 3.63) is 52.7 Å². The van der Waals surface area contributed by atoms with Crippen molar-refractivity contribution in [1.29, 1.82) is 0 Å². The van der Waals surface area contributed by atoms with Gasteiger partial charge in [0, 0.05) is 13.2 Å². The average Bonchev–Trinajstić information content (AvgIpc) is 2.82. The average molecular weight is 341 g/mol. The molecule has 0 amide bonds. The van der Waals surface area contributed by atoms with Crippen LogP contribution in [0.2, 0.25) is 0 Å². The number of ether oxygens (including phenoxy) is 1. The van der Waals surface area contributed by atoms with Gasteiger partial charge in [-0.25, -0.2) is 0 Å². The molecule has 0 aliphatic carbocycles. The predicted molar refractivity (Wildman–Crippen MR) is 84.3 cm³/mol. The molecule has 2 aromatic rings. The van der Waals surface area contributed by atoms with Gasteiger partial charge in [0.25, 0.3) is 0 Å². The summed E-state index contributed by atoms with van der Waals surface area (Å²) >= 11 is 1.19. The van der Waals surface area contributed by atoms with Crippen molar-refractivity contribution in [2.45, 2.75) is 11.6 Å². The second kappa shape index (κ2) is 5.56. The fourth-order valence-corrected chi connectivity index (χ4v) is 3.81. The molecule has 1 unspecified atom stereocenters. The third kappa shape index (κ3) is 2.69. The molecule has 0 spiro atoms. The summed E-state index contributed by atoms with van der Waals surface area (Å²) in [5.74, 6) is -0.199. The summed E-state index contributed by atoms with van der Waals surface area (Å²) in [5.41, 5.74) is -0.0642. The lowest BCUT2D eigenvalue weighted by Crippen LogP contribution is -2.13. The van der Waals surface area contributed by atoms with E-state index in [0.29, 0.717) is 10.9 Å². The van der Waals surface area contributed by atoms with Gasteiger partial charge in [-0.15, -0.1) is 0 Å². The molecule has 23 heavy (non-hydrogen) atoms. The molecule has 0 aromatic heterocycles. The molecule has 1 heterocycles. The summed E-state index contributed by atoms with van der Waals surface area (Å²) in [6, 6.07) is 7.77. The number of nitrogens with zero attached hydrogens (tertiary/aromatic N) is 1. The molecule has 122 valence electrons. The monoisotopic (exact) mass is 341 g/mol. The molecule has 3 nitrogen and oxygen atoms in total. The zero-order chi connectivity index (χ0) is 16.8. The summed E-state index contributed by atoms with van der Waals surface area (Å²) in [4.78, 5) is 1.77. The van der Waals surface area contributed by atoms with Gasteiger partial charge in [-0.2, -0.15) is 13.2 Å². The lowest BCUT2D eigenvalue weighted by Gasteiger charge is -2.23. The number of halogens is 3. The Labute approximate surface area is 135 Å². The van der Waals surface area contributed by atoms with Crippen molar-refractivity contribution in [1.82, 2.24) is 4.90 Å². The molecule has 2 aromatic carbocycles. The Hall–Kier alpha value is -2.02. The lowest BCUT2D eigenvalue weighted by molar-refractivity contribution is -0.137. The van der Waals surface area contributed by atoms with Crippen LogP contribution in [-0.2, 0) is 6.18 Å². The molecule has 1 aliphatic heterocycles. The first-order valence-electron chi connectivity index (χ1n) is 6.79. The van der Waals surface area contributed by atoms with Gasteiger partial charge < -0.3 is 14.7 Å². The Kier molecular flexibility index (Phi) is 3.83. The summed E-state index contributed by atoms with van der Waals surface area (Å²) in [5, 5.41) is 10.1. The standard InChI is InChI=1S/C16H14F3NO2S/c1-20-8-13(21)23-15(20)11-5-3-4-10-9(11)6-7-12(22-2)14(10)16(17,18)19/h3-8,15,21H,1-2H3. The molecular formula is C16H14F3NO2S. The Morgan fingerprint density at radius 3 is 2.48 bits per heavy atom. The van der Waals surface area contributed by atoms with E-state index in [4.69, 9.17) is 4.74 Å². The van der Waals surface area contributed by atoms with Crippen molar-refractivity contribution < 1.29 is 23.0 Å². The van der Waals surface area contributed by atoms with Crippen LogP contribution in [0.1, 0.15) is 16.5 Å². The quantitative estimate of drug-likeness (QED) is 0.842. The summed E-state index contributed by atoms with van der Waals surface area (Å²) in [7, 11) is 3.00. The molecule has 0 saturated heterocycles. The van der Waals surface area contributed by atoms with E-state index < -0.39 is 11.7 Å². The SMILES string of the molecule is COc1ccc2c(C3SC(O)=CN3C)cccc2c1C(F)(F)F. The Balaban J connectivity index is 2.24. The number of aliphatic hydroxyl groups excluding tert-OH is 1. The third-order valence-electron chi connectivity index (χ3n) is 3.74. The zero-order valence-corrected chi connectivity index (χ0v) is 13.2. The van der Waals surface area contributed by atoms with E-state index in [9.17, 15) is 18.3 Å². The first kappa shape index (κ1) is 15.9. The van der Waals surface area contributed by atoms with Crippen molar-refractivity contribution in [2.24, 2.45) is 0 Å². The minimum absolute atomic E-state index is 0.0924. The van der Waals surface area contributed by atoms with E-state index in [-0.39, 0.29) is 21.6 Å². The van der Waals surface area contributed by atoms with Gasteiger partial charge in [0.05, 0.1) is 7.11 Å². The van der Waals surface area contributed by atoms with Gasteiger partial charge in [0.15, 0.2) is 5.09 Å². The molecule has 0 saturated carbocycles. The normalized spacial score (nSPS) is 18.4. The molecule has 0 fully saturated rings.